The number of nitriles is 1. The summed E-state index contributed by atoms with van der Waals surface area (Å²) in [7, 11) is 0. The molecule has 1 atom stereocenters. The topological polar surface area (TPSA) is 111 Å². The number of alkyl halides is 3. The molecule has 0 aromatic heterocycles. The monoisotopic (exact) mass is 382 g/mol. The molecule has 2 aliphatic rings. The van der Waals surface area contributed by atoms with Crippen LogP contribution >= 0.6 is 11.8 Å². The van der Waals surface area contributed by atoms with Gasteiger partial charge >= 0.3 is 12.1 Å². The van der Waals surface area contributed by atoms with Gasteiger partial charge in [-0.15, -0.1) is 11.8 Å². The Morgan fingerprint density at radius 2 is 1.88 bits per heavy atom. The van der Waals surface area contributed by atoms with Crippen molar-refractivity contribution in [2.75, 3.05) is 18.2 Å². The molecule has 1 saturated heterocycles. The van der Waals surface area contributed by atoms with Gasteiger partial charge in [0, 0.05) is 11.8 Å². The van der Waals surface area contributed by atoms with Crippen molar-refractivity contribution in [3.8, 4) is 6.07 Å². The molecule has 1 aliphatic heterocycles. The van der Waals surface area contributed by atoms with Crippen LogP contribution in [0.25, 0.3) is 0 Å². The van der Waals surface area contributed by atoms with Gasteiger partial charge in [0.1, 0.15) is 6.04 Å². The van der Waals surface area contributed by atoms with E-state index in [0.717, 1.165) is 18.6 Å². The molecular formula is C14H21F3N4O3S. The average molecular weight is 382 g/mol. The second-order valence-electron chi connectivity index (χ2n) is 5.78. The second-order valence-corrected chi connectivity index (χ2v) is 6.78. The van der Waals surface area contributed by atoms with E-state index in [1.165, 1.54) is 19.3 Å². The van der Waals surface area contributed by atoms with Crippen molar-refractivity contribution in [3.05, 3.63) is 0 Å². The highest BCUT2D eigenvalue weighted by Gasteiger charge is 2.38. The van der Waals surface area contributed by atoms with E-state index in [2.05, 4.69) is 6.07 Å². The first-order chi connectivity index (χ1) is 11.7. The van der Waals surface area contributed by atoms with Gasteiger partial charge in [-0.05, 0) is 12.8 Å². The Morgan fingerprint density at radius 3 is 2.36 bits per heavy atom. The predicted molar refractivity (Wildman–Crippen MR) is 85.0 cm³/mol. The molecular weight excluding hydrogens is 361 g/mol. The highest BCUT2D eigenvalue weighted by molar-refractivity contribution is 7.99. The maximum absolute atomic E-state index is 12.1. The van der Waals surface area contributed by atoms with E-state index >= 15 is 0 Å². The van der Waals surface area contributed by atoms with Gasteiger partial charge in [0.05, 0.1) is 18.5 Å². The van der Waals surface area contributed by atoms with Crippen molar-refractivity contribution in [3.63, 3.8) is 0 Å². The zero-order valence-electron chi connectivity index (χ0n) is 13.5. The number of carbonyl (C=O) groups excluding carboxylic acids is 1. The number of thioether (sulfide) groups is 1. The number of amides is 1. The van der Waals surface area contributed by atoms with Crippen LogP contribution in [0, 0.1) is 11.3 Å². The number of hydrogen-bond donors (Lipinski definition) is 2. The van der Waals surface area contributed by atoms with E-state index in [-0.39, 0.29) is 18.5 Å². The molecule has 25 heavy (non-hydrogen) atoms. The smallest absolute Gasteiger partial charge is 0.475 e. The van der Waals surface area contributed by atoms with E-state index in [9.17, 15) is 18.0 Å². The summed E-state index contributed by atoms with van der Waals surface area (Å²) in [4.78, 5) is 22.6. The standard InChI is InChI=1S/C12H20N4OS.C2HF3O2/c13-6-11-8-18-9-15(11)12(17)7-16(14)10-4-2-1-3-5-10;3-2(4,5)1(6)7/h10-11H,1-5,7-9,14H2;(H,6,7). The van der Waals surface area contributed by atoms with Gasteiger partial charge in [-0.1, -0.05) is 19.3 Å². The molecule has 1 amide bonds. The van der Waals surface area contributed by atoms with Crippen molar-refractivity contribution in [2.45, 2.75) is 50.4 Å². The lowest BCUT2D eigenvalue weighted by Gasteiger charge is -2.31. The maximum atomic E-state index is 12.1. The van der Waals surface area contributed by atoms with Crippen LogP contribution in [0.1, 0.15) is 32.1 Å². The van der Waals surface area contributed by atoms with Crippen LogP contribution in [0.5, 0.6) is 0 Å². The molecule has 1 aliphatic carbocycles. The van der Waals surface area contributed by atoms with E-state index in [0.29, 0.717) is 11.9 Å². The number of rotatable bonds is 3. The van der Waals surface area contributed by atoms with Gasteiger partial charge < -0.3 is 10.0 Å². The highest BCUT2D eigenvalue weighted by atomic mass is 32.2. The summed E-state index contributed by atoms with van der Waals surface area (Å²) in [6.07, 6.45) is 0.762. The number of carbonyl (C=O) groups is 2. The van der Waals surface area contributed by atoms with Gasteiger partial charge in [0.25, 0.3) is 0 Å². The first-order valence-corrected chi connectivity index (χ1v) is 8.90. The molecule has 1 heterocycles. The number of halogens is 3. The molecule has 3 N–H and O–H groups in total. The molecule has 2 fully saturated rings. The van der Waals surface area contributed by atoms with Crippen molar-refractivity contribution in [2.24, 2.45) is 5.84 Å². The van der Waals surface area contributed by atoms with Crippen LogP contribution in [0.15, 0.2) is 0 Å². The number of carboxylic acid groups (broad SMARTS) is 1. The van der Waals surface area contributed by atoms with Crippen LogP contribution in [0.4, 0.5) is 13.2 Å². The van der Waals surface area contributed by atoms with Crippen LogP contribution < -0.4 is 5.84 Å². The van der Waals surface area contributed by atoms with Gasteiger partial charge in [-0.2, -0.15) is 18.4 Å². The molecule has 0 spiro atoms. The average Bonchev–Trinajstić information content (AvgIpc) is 3.04. The Morgan fingerprint density at radius 1 is 1.32 bits per heavy atom. The first kappa shape index (κ1) is 21.5. The number of aliphatic carboxylic acids is 1. The van der Waals surface area contributed by atoms with Crippen LogP contribution in [-0.4, -0.2) is 63.3 Å². The highest BCUT2D eigenvalue weighted by Crippen LogP contribution is 2.23. The van der Waals surface area contributed by atoms with Gasteiger partial charge in [-0.25, -0.2) is 9.80 Å². The van der Waals surface area contributed by atoms with E-state index in [1.54, 1.807) is 21.7 Å². The summed E-state index contributed by atoms with van der Waals surface area (Å²) < 4.78 is 31.7. The molecule has 1 saturated carbocycles. The SMILES string of the molecule is N#CC1CSCN1C(=O)CN(N)C1CCCCC1.O=C(O)C(F)(F)F. The third-order valence-corrected chi connectivity index (χ3v) is 4.97. The van der Waals surface area contributed by atoms with Crippen molar-refractivity contribution in [1.29, 1.82) is 5.26 Å². The minimum Gasteiger partial charge on any atom is -0.475 e. The minimum absolute atomic E-state index is 0.0142. The summed E-state index contributed by atoms with van der Waals surface area (Å²) >= 11 is 1.63. The normalized spacial score (nSPS) is 21.4. The van der Waals surface area contributed by atoms with E-state index in [1.807, 2.05) is 0 Å². The Kier molecular flexibility index (Phi) is 8.47. The summed E-state index contributed by atoms with van der Waals surface area (Å²) in [6, 6.07) is 2.23. The lowest BCUT2D eigenvalue weighted by Crippen LogP contribution is -2.49. The lowest BCUT2D eigenvalue weighted by molar-refractivity contribution is -0.192. The van der Waals surface area contributed by atoms with E-state index < -0.39 is 12.1 Å². The van der Waals surface area contributed by atoms with Crippen molar-refractivity contribution in [1.82, 2.24) is 9.91 Å². The molecule has 142 valence electrons. The Hall–Kier alpha value is -1.51. The van der Waals surface area contributed by atoms with Crippen LogP contribution in [0.3, 0.4) is 0 Å². The molecule has 0 bridgehead atoms. The molecule has 0 radical (unpaired) electrons. The zero-order chi connectivity index (χ0) is 19.0. The van der Waals surface area contributed by atoms with Crippen LogP contribution in [0.2, 0.25) is 0 Å². The third kappa shape index (κ3) is 7.09. The number of carboxylic acids is 1. The molecule has 7 nitrogen and oxygen atoms in total. The quantitative estimate of drug-likeness (QED) is 0.563. The fourth-order valence-corrected chi connectivity index (χ4v) is 3.69. The predicted octanol–water partition coefficient (Wildman–Crippen LogP) is 1.55. The van der Waals surface area contributed by atoms with Crippen molar-refractivity contribution < 1.29 is 27.9 Å². The summed E-state index contributed by atoms with van der Waals surface area (Å²) in [5.41, 5.74) is 0. The summed E-state index contributed by atoms with van der Waals surface area (Å²) in [5, 5.41) is 17.8. The van der Waals surface area contributed by atoms with Crippen LogP contribution in [-0.2, 0) is 9.59 Å². The lowest BCUT2D eigenvalue weighted by atomic mass is 9.95. The second kappa shape index (κ2) is 9.84. The Balaban J connectivity index is 0.000000381. The van der Waals surface area contributed by atoms with Gasteiger partial charge in [0.15, 0.2) is 0 Å². The molecule has 0 aromatic rings. The Labute approximate surface area is 147 Å². The number of nitrogens with zero attached hydrogens (tertiary/aromatic N) is 3. The molecule has 2 rings (SSSR count). The summed E-state index contributed by atoms with van der Waals surface area (Å²) in [6.45, 7) is 0.239. The van der Waals surface area contributed by atoms with Crippen molar-refractivity contribution >= 4 is 23.6 Å². The largest absolute Gasteiger partial charge is 0.490 e. The number of nitrogens with two attached hydrogens (primary N) is 1. The van der Waals surface area contributed by atoms with Gasteiger partial charge in [0.2, 0.25) is 5.91 Å². The number of hydrogen-bond acceptors (Lipinski definition) is 6. The van der Waals surface area contributed by atoms with E-state index in [4.69, 9.17) is 21.0 Å². The third-order valence-electron chi connectivity index (χ3n) is 3.96. The van der Waals surface area contributed by atoms with Gasteiger partial charge in [-0.3, -0.25) is 10.6 Å². The molecule has 0 aromatic carbocycles. The minimum atomic E-state index is -5.08. The Bertz CT molecular complexity index is 507. The summed E-state index contributed by atoms with van der Waals surface area (Å²) in [5.74, 6) is 4.57. The first-order valence-electron chi connectivity index (χ1n) is 7.75. The number of hydrazine groups is 1. The fourth-order valence-electron chi connectivity index (χ4n) is 2.58. The maximum Gasteiger partial charge on any atom is 0.490 e. The zero-order valence-corrected chi connectivity index (χ0v) is 14.4. The fraction of sp³-hybridized carbons (Fsp3) is 0.786. The molecule has 1 unspecified atom stereocenters. The molecule has 11 heteroatoms.